The number of para-hydroxylation sites is 1. The molecule has 1 amide bonds. The van der Waals surface area contributed by atoms with Crippen molar-refractivity contribution in [3.05, 3.63) is 76.2 Å². The van der Waals surface area contributed by atoms with Crippen molar-refractivity contribution in [3.8, 4) is 0 Å². The molecule has 0 aliphatic heterocycles. The standard InChI is InChI=1S/C21H20N4O2/c1-14-7-9-15(10-8-14)11-22-19(26)13-25-18-6-4-3-5-16(18)17-12-23-24(2)21(27)20(17)25/h3-10,12H,11,13H2,1-2H3,(H,22,26). The Kier molecular flexibility index (Phi) is 4.24. The first-order valence-corrected chi connectivity index (χ1v) is 8.80. The first-order valence-electron chi connectivity index (χ1n) is 8.80. The Bertz CT molecular complexity index is 1200. The molecule has 2 aromatic heterocycles. The van der Waals surface area contributed by atoms with E-state index in [0.29, 0.717) is 12.1 Å². The smallest absolute Gasteiger partial charge is 0.291 e. The van der Waals surface area contributed by atoms with Crippen LogP contribution in [0, 0.1) is 6.92 Å². The minimum absolute atomic E-state index is 0.0785. The third kappa shape index (κ3) is 3.10. The minimum atomic E-state index is -0.213. The van der Waals surface area contributed by atoms with Gasteiger partial charge in [-0.3, -0.25) is 9.59 Å². The third-order valence-electron chi connectivity index (χ3n) is 4.78. The highest BCUT2D eigenvalue weighted by Crippen LogP contribution is 2.25. The molecular formula is C21H20N4O2. The van der Waals surface area contributed by atoms with Gasteiger partial charge < -0.3 is 9.88 Å². The lowest BCUT2D eigenvalue weighted by Crippen LogP contribution is -2.29. The molecule has 0 saturated carbocycles. The summed E-state index contributed by atoms with van der Waals surface area (Å²) in [6, 6.07) is 15.7. The quantitative estimate of drug-likeness (QED) is 0.608. The second-order valence-electron chi connectivity index (χ2n) is 6.70. The number of amides is 1. The number of nitrogens with zero attached hydrogens (tertiary/aromatic N) is 3. The predicted octanol–water partition coefficient (Wildman–Crippen LogP) is 2.51. The molecule has 27 heavy (non-hydrogen) atoms. The number of carbonyl (C=O) groups is 1. The van der Waals surface area contributed by atoms with Gasteiger partial charge in [0.15, 0.2) is 0 Å². The van der Waals surface area contributed by atoms with Crippen LogP contribution >= 0.6 is 0 Å². The molecule has 0 saturated heterocycles. The summed E-state index contributed by atoms with van der Waals surface area (Å²) in [5.41, 5.74) is 3.36. The Morgan fingerprint density at radius 1 is 1.07 bits per heavy atom. The highest BCUT2D eigenvalue weighted by molar-refractivity contribution is 6.07. The van der Waals surface area contributed by atoms with Crippen molar-refractivity contribution < 1.29 is 4.79 Å². The summed E-state index contributed by atoms with van der Waals surface area (Å²) in [7, 11) is 1.61. The van der Waals surface area contributed by atoms with Gasteiger partial charge >= 0.3 is 0 Å². The Balaban J connectivity index is 1.68. The zero-order valence-electron chi connectivity index (χ0n) is 15.3. The number of carbonyl (C=O) groups excluding carboxylic acids is 1. The average molecular weight is 360 g/mol. The summed E-state index contributed by atoms with van der Waals surface area (Å²) in [4.78, 5) is 25.2. The van der Waals surface area contributed by atoms with Crippen LogP contribution in [0.15, 0.2) is 59.5 Å². The topological polar surface area (TPSA) is 68.9 Å². The zero-order valence-corrected chi connectivity index (χ0v) is 15.3. The number of aromatic nitrogens is 3. The lowest BCUT2D eigenvalue weighted by Gasteiger charge is -2.09. The molecule has 0 atom stereocenters. The Hall–Kier alpha value is -3.41. The molecule has 0 aliphatic rings. The van der Waals surface area contributed by atoms with Gasteiger partial charge in [-0.2, -0.15) is 5.10 Å². The lowest BCUT2D eigenvalue weighted by atomic mass is 10.1. The number of aryl methyl sites for hydroxylation is 2. The predicted molar refractivity (Wildman–Crippen MR) is 106 cm³/mol. The zero-order chi connectivity index (χ0) is 19.0. The van der Waals surface area contributed by atoms with Gasteiger partial charge in [0.05, 0.1) is 6.20 Å². The SMILES string of the molecule is Cc1ccc(CNC(=O)Cn2c3ccccc3c3cnn(C)c(=O)c32)cc1. The highest BCUT2D eigenvalue weighted by atomic mass is 16.2. The second kappa shape index (κ2) is 6.72. The Morgan fingerprint density at radius 2 is 1.81 bits per heavy atom. The van der Waals surface area contributed by atoms with E-state index < -0.39 is 0 Å². The van der Waals surface area contributed by atoms with Crippen molar-refractivity contribution in [2.45, 2.75) is 20.0 Å². The van der Waals surface area contributed by atoms with Crippen molar-refractivity contribution >= 4 is 27.7 Å². The van der Waals surface area contributed by atoms with Gasteiger partial charge in [-0.15, -0.1) is 0 Å². The number of nitrogens with one attached hydrogen (secondary N) is 1. The van der Waals surface area contributed by atoms with E-state index in [2.05, 4.69) is 10.4 Å². The number of hydrogen-bond donors (Lipinski definition) is 1. The summed E-state index contributed by atoms with van der Waals surface area (Å²) in [5, 5.41) is 8.74. The normalized spacial score (nSPS) is 11.2. The molecule has 0 unspecified atom stereocenters. The highest BCUT2D eigenvalue weighted by Gasteiger charge is 2.16. The molecule has 0 aliphatic carbocycles. The van der Waals surface area contributed by atoms with Gasteiger partial charge in [-0.05, 0) is 18.6 Å². The van der Waals surface area contributed by atoms with Crippen molar-refractivity contribution in [2.75, 3.05) is 0 Å². The number of fused-ring (bicyclic) bond motifs is 3. The van der Waals surface area contributed by atoms with Crippen molar-refractivity contribution in [1.82, 2.24) is 19.7 Å². The fraction of sp³-hybridized carbons (Fsp3) is 0.190. The van der Waals surface area contributed by atoms with Crippen LogP contribution in [0.5, 0.6) is 0 Å². The fourth-order valence-corrected chi connectivity index (χ4v) is 3.31. The molecule has 6 nitrogen and oxygen atoms in total. The summed E-state index contributed by atoms with van der Waals surface area (Å²) in [6.07, 6.45) is 1.68. The van der Waals surface area contributed by atoms with E-state index in [0.717, 1.165) is 21.9 Å². The van der Waals surface area contributed by atoms with E-state index in [4.69, 9.17) is 0 Å². The van der Waals surface area contributed by atoms with Gasteiger partial charge in [0.1, 0.15) is 12.1 Å². The van der Waals surface area contributed by atoms with Gasteiger partial charge in [-0.25, -0.2) is 4.68 Å². The maximum atomic E-state index is 12.7. The van der Waals surface area contributed by atoms with E-state index in [9.17, 15) is 9.59 Å². The Labute approximate surface area is 156 Å². The van der Waals surface area contributed by atoms with Crippen LogP contribution in [0.1, 0.15) is 11.1 Å². The summed E-state index contributed by atoms with van der Waals surface area (Å²) in [5.74, 6) is -0.142. The van der Waals surface area contributed by atoms with Crippen LogP contribution in [0.4, 0.5) is 0 Å². The van der Waals surface area contributed by atoms with Crippen LogP contribution in [-0.2, 0) is 24.9 Å². The van der Waals surface area contributed by atoms with Gasteiger partial charge in [0.25, 0.3) is 5.56 Å². The lowest BCUT2D eigenvalue weighted by molar-refractivity contribution is -0.121. The van der Waals surface area contributed by atoms with Crippen LogP contribution in [0.25, 0.3) is 21.8 Å². The third-order valence-corrected chi connectivity index (χ3v) is 4.78. The molecule has 136 valence electrons. The van der Waals surface area contributed by atoms with E-state index in [1.54, 1.807) is 17.8 Å². The Morgan fingerprint density at radius 3 is 2.59 bits per heavy atom. The van der Waals surface area contributed by atoms with Crippen molar-refractivity contribution in [2.24, 2.45) is 7.05 Å². The van der Waals surface area contributed by atoms with Gasteiger partial charge in [0.2, 0.25) is 5.91 Å². The van der Waals surface area contributed by atoms with Crippen LogP contribution in [-0.4, -0.2) is 20.3 Å². The number of benzene rings is 2. The second-order valence-corrected chi connectivity index (χ2v) is 6.70. The molecule has 4 rings (SSSR count). The van der Waals surface area contributed by atoms with E-state index in [1.807, 2.05) is 55.5 Å². The van der Waals surface area contributed by atoms with Crippen molar-refractivity contribution in [1.29, 1.82) is 0 Å². The van der Waals surface area contributed by atoms with Crippen LogP contribution < -0.4 is 10.9 Å². The molecule has 2 heterocycles. The van der Waals surface area contributed by atoms with Crippen LogP contribution in [0.2, 0.25) is 0 Å². The van der Waals surface area contributed by atoms with E-state index in [1.165, 1.54) is 10.2 Å². The molecule has 2 aromatic carbocycles. The summed E-state index contributed by atoms with van der Waals surface area (Å²) >= 11 is 0. The molecule has 0 fully saturated rings. The largest absolute Gasteiger partial charge is 0.350 e. The van der Waals surface area contributed by atoms with Gasteiger partial charge in [0, 0.05) is 29.9 Å². The first kappa shape index (κ1) is 17.0. The number of rotatable bonds is 4. The van der Waals surface area contributed by atoms with Crippen molar-refractivity contribution in [3.63, 3.8) is 0 Å². The first-order chi connectivity index (χ1) is 13.0. The maximum absolute atomic E-state index is 12.7. The summed E-state index contributed by atoms with van der Waals surface area (Å²) in [6.45, 7) is 2.56. The molecule has 4 aromatic rings. The molecule has 6 heteroatoms. The average Bonchev–Trinajstić information content (AvgIpc) is 2.99. The van der Waals surface area contributed by atoms with Crippen LogP contribution in [0.3, 0.4) is 0 Å². The molecule has 0 spiro atoms. The maximum Gasteiger partial charge on any atom is 0.291 e. The molecular weight excluding hydrogens is 340 g/mol. The van der Waals surface area contributed by atoms with E-state index in [-0.39, 0.29) is 18.0 Å². The number of hydrogen-bond acceptors (Lipinski definition) is 3. The monoisotopic (exact) mass is 360 g/mol. The summed E-state index contributed by atoms with van der Waals surface area (Å²) < 4.78 is 3.07. The molecule has 0 bridgehead atoms. The van der Waals surface area contributed by atoms with E-state index >= 15 is 0 Å². The minimum Gasteiger partial charge on any atom is -0.350 e. The van der Waals surface area contributed by atoms with Gasteiger partial charge in [-0.1, -0.05) is 48.0 Å². The fourth-order valence-electron chi connectivity index (χ4n) is 3.31. The molecule has 1 N–H and O–H groups in total. The molecule has 0 radical (unpaired) electrons.